The number of ether oxygens (including phenoxy) is 1. The molecule has 2 aromatic rings. The van der Waals surface area contributed by atoms with E-state index in [4.69, 9.17) is 56.9 Å². The maximum atomic E-state index is 6.16. The van der Waals surface area contributed by atoms with E-state index in [1.165, 1.54) is 11.3 Å². The van der Waals surface area contributed by atoms with Gasteiger partial charge in [-0.05, 0) is 24.6 Å². The second-order valence-electron chi connectivity index (χ2n) is 4.45. The first kappa shape index (κ1) is 17.2. The van der Waals surface area contributed by atoms with Gasteiger partial charge in [-0.1, -0.05) is 53.3 Å². The summed E-state index contributed by atoms with van der Waals surface area (Å²) in [5, 5.41) is 1.15. The van der Waals surface area contributed by atoms with E-state index in [-0.39, 0.29) is 12.1 Å². The van der Waals surface area contributed by atoms with Gasteiger partial charge in [-0.25, -0.2) is 0 Å². The molecule has 1 aromatic carbocycles. The lowest BCUT2D eigenvalue weighted by Gasteiger charge is -2.24. The number of thiophene rings is 1. The smallest absolute Gasteiger partial charge is 0.148 e. The van der Waals surface area contributed by atoms with Crippen LogP contribution in [-0.2, 0) is 0 Å². The predicted molar refractivity (Wildman–Crippen MR) is 92.4 cm³/mol. The summed E-state index contributed by atoms with van der Waals surface area (Å²) in [5.41, 5.74) is 6.16. The third-order valence-electron chi connectivity index (χ3n) is 2.96. The van der Waals surface area contributed by atoms with Gasteiger partial charge >= 0.3 is 0 Å². The van der Waals surface area contributed by atoms with Crippen LogP contribution < -0.4 is 10.5 Å². The summed E-state index contributed by atoms with van der Waals surface area (Å²) in [7, 11) is 0. The van der Waals surface area contributed by atoms with Gasteiger partial charge in [0.05, 0.1) is 19.4 Å². The van der Waals surface area contributed by atoms with Gasteiger partial charge in [0, 0.05) is 17.0 Å². The Bertz CT molecular complexity index is 631. The van der Waals surface area contributed by atoms with Crippen LogP contribution in [0.15, 0.2) is 24.3 Å². The lowest BCUT2D eigenvalue weighted by Crippen LogP contribution is -2.31. The topological polar surface area (TPSA) is 35.2 Å². The molecule has 0 aliphatic carbocycles. The fourth-order valence-corrected chi connectivity index (χ4v) is 3.53. The second-order valence-corrected chi connectivity index (χ2v) is 7.42. The van der Waals surface area contributed by atoms with Crippen LogP contribution in [0.1, 0.15) is 24.3 Å². The predicted octanol–water partition coefficient (Wildman–Crippen LogP) is 6.22. The van der Waals surface area contributed by atoms with Crippen LogP contribution in [0.25, 0.3) is 0 Å². The van der Waals surface area contributed by atoms with Gasteiger partial charge in [-0.15, -0.1) is 11.3 Å². The fraction of sp³-hybridized carbons (Fsp3) is 0.286. The average Bonchev–Trinajstić information content (AvgIpc) is 2.87. The van der Waals surface area contributed by atoms with Crippen molar-refractivity contribution in [2.45, 2.75) is 25.5 Å². The molecular formula is C14H13Cl4NOS. The Balaban J connectivity index is 2.33. The zero-order valence-electron chi connectivity index (χ0n) is 11.1. The normalized spacial score (nSPS) is 14.0. The highest BCUT2D eigenvalue weighted by molar-refractivity contribution is 7.16. The summed E-state index contributed by atoms with van der Waals surface area (Å²) in [5.74, 6) is 0.449. The molecule has 2 N–H and O–H groups in total. The molecule has 2 rings (SSSR count). The Morgan fingerprint density at radius 3 is 2.33 bits per heavy atom. The monoisotopic (exact) mass is 383 g/mol. The summed E-state index contributed by atoms with van der Waals surface area (Å²) in [6, 6.07) is 6.67. The van der Waals surface area contributed by atoms with Crippen molar-refractivity contribution in [1.82, 2.24) is 0 Å². The van der Waals surface area contributed by atoms with Gasteiger partial charge in [-0.3, -0.25) is 0 Å². The van der Waals surface area contributed by atoms with E-state index >= 15 is 0 Å². The van der Waals surface area contributed by atoms with Gasteiger partial charge in [0.25, 0.3) is 0 Å². The molecular weight excluding hydrogens is 372 g/mol. The molecule has 7 heteroatoms. The van der Waals surface area contributed by atoms with Crippen LogP contribution in [0.2, 0.25) is 19.4 Å². The number of hydrogen-bond donors (Lipinski definition) is 1. The Morgan fingerprint density at radius 1 is 1.10 bits per heavy atom. The van der Waals surface area contributed by atoms with E-state index < -0.39 is 0 Å². The quantitative estimate of drug-likeness (QED) is 0.621. The van der Waals surface area contributed by atoms with Gasteiger partial charge in [0.2, 0.25) is 0 Å². The van der Waals surface area contributed by atoms with Crippen LogP contribution >= 0.6 is 57.7 Å². The minimum atomic E-state index is -0.345. The zero-order valence-corrected chi connectivity index (χ0v) is 14.9. The van der Waals surface area contributed by atoms with E-state index in [1.807, 2.05) is 19.1 Å². The highest BCUT2D eigenvalue weighted by Gasteiger charge is 2.23. The molecule has 0 spiro atoms. The number of hydrogen-bond acceptors (Lipinski definition) is 3. The van der Waals surface area contributed by atoms with E-state index in [0.717, 1.165) is 11.3 Å². The largest absolute Gasteiger partial charge is 0.482 e. The Kier molecular flexibility index (Phi) is 6.06. The molecule has 2 nitrogen and oxygen atoms in total. The van der Waals surface area contributed by atoms with Crippen molar-refractivity contribution in [1.29, 1.82) is 0 Å². The summed E-state index contributed by atoms with van der Waals surface area (Å²) in [6.07, 6.45) is 0.404. The summed E-state index contributed by atoms with van der Waals surface area (Å²) < 4.78 is 6.67. The van der Waals surface area contributed by atoms with E-state index in [2.05, 4.69) is 0 Å². The maximum Gasteiger partial charge on any atom is 0.148 e. The van der Waals surface area contributed by atoms with Crippen LogP contribution in [0.5, 0.6) is 5.75 Å². The highest BCUT2D eigenvalue weighted by Crippen LogP contribution is 2.38. The van der Waals surface area contributed by atoms with E-state index in [9.17, 15) is 0 Å². The van der Waals surface area contributed by atoms with Crippen LogP contribution in [0, 0.1) is 0 Å². The molecule has 21 heavy (non-hydrogen) atoms. The van der Waals surface area contributed by atoms with Gasteiger partial charge in [-0.2, -0.15) is 0 Å². The SMILES string of the molecule is CCC(N)C(Oc1cc(Cl)c(Cl)cc1Cl)c1ccc(Cl)s1. The number of halogens is 4. The molecule has 0 saturated heterocycles. The first-order valence-corrected chi connectivity index (χ1v) is 8.57. The highest BCUT2D eigenvalue weighted by atomic mass is 35.5. The molecule has 0 aliphatic heterocycles. The number of benzene rings is 1. The summed E-state index contributed by atoms with van der Waals surface area (Å²) >= 11 is 25.5. The van der Waals surface area contributed by atoms with E-state index in [0.29, 0.717) is 25.2 Å². The van der Waals surface area contributed by atoms with Crippen molar-refractivity contribution in [2.75, 3.05) is 0 Å². The third kappa shape index (κ3) is 4.19. The lowest BCUT2D eigenvalue weighted by molar-refractivity contribution is 0.175. The molecule has 2 atom stereocenters. The Hall–Kier alpha value is -0.160. The fourth-order valence-electron chi connectivity index (χ4n) is 1.78. The van der Waals surface area contributed by atoms with Gasteiger partial charge in [0.1, 0.15) is 11.9 Å². The van der Waals surface area contributed by atoms with Gasteiger partial charge in [0.15, 0.2) is 0 Å². The zero-order chi connectivity index (χ0) is 15.6. The van der Waals surface area contributed by atoms with Crippen molar-refractivity contribution in [3.63, 3.8) is 0 Å². The van der Waals surface area contributed by atoms with Crippen molar-refractivity contribution < 1.29 is 4.74 Å². The molecule has 0 fully saturated rings. The molecule has 0 bridgehead atoms. The molecule has 0 amide bonds. The lowest BCUT2D eigenvalue weighted by atomic mass is 10.1. The first-order valence-electron chi connectivity index (χ1n) is 6.24. The molecule has 0 aliphatic rings. The molecule has 1 heterocycles. The van der Waals surface area contributed by atoms with Crippen LogP contribution in [0.4, 0.5) is 0 Å². The Labute approximate surface area is 147 Å². The average molecular weight is 385 g/mol. The molecule has 0 radical (unpaired) electrons. The minimum Gasteiger partial charge on any atom is -0.482 e. The van der Waals surface area contributed by atoms with Gasteiger partial charge < -0.3 is 10.5 Å². The van der Waals surface area contributed by atoms with Crippen LogP contribution in [0.3, 0.4) is 0 Å². The summed E-state index contributed by atoms with van der Waals surface area (Å²) in [6.45, 7) is 1.99. The second kappa shape index (κ2) is 7.40. The Morgan fingerprint density at radius 2 is 1.76 bits per heavy atom. The molecule has 114 valence electrons. The number of rotatable bonds is 5. The standard InChI is InChI=1S/C14H13Cl4NOS/c1-2-10(19)14(12-3-4-13(18)21-12)20-11-6-8(16)7(15)5-9(11)17/h3-6,10,14H,2,19H2,1H3. The molecule has 1 aromatic heterocycles. The molecule has 2 unspecified atom stereocenters. The van der Waals surface area contributed by atoms with Crippen molar-refractivity contribution >= 4 is 57.7 Å². The number of nitrogens with two attached hydrogens (primary N) is 1. The van der Waals surface area contributed by atoms with Crippen molar-refractivity contribution in [3.8, 4) is 5.75 Å². The minimum absolute atomic E-state index is 0.190. The first-order chi connectivity index (χ1) is 9.92. The van der Waals surface area contributed by atoms with Crippen LogP contribution in [-0.4, -0.2) is 6.04 Å². The van der Waals surface area contributed by atoms with Crippen molar-refractivity contribution in [3.05, 3.63) is 48.5 Å². The summed E-state index contributed by atoms with van der Waals surface area (Å²) in [4.78, 5) is 0.941. The third-order valence-corrected chi connectivity index (χ3v) is 5.27. The maximum absolute atomic E-state index is 6.16. The van der Waals surface area contributed by atoms with E-state index in [1.54, 1.807) is 12.1 Å². The van der Waals surface area contributed by atoms with Crippen molar-refractivity contribution in [2.24, 2.45) is 5.73 Å². The molecule has 0 saturated carbocycles.